The summed E-state index contributed by atoms with van der Waals surface area (Å²) in [5.41, 5.74) is 2.78. The lowest BCUT2D eigenvalue weighted by molar-refractivity contribution is -0.698. The van der Waals surface area contributed by atoms with Crippen LogP contribution >= 0.6 is 0 Å². The second-order valence-corrected chi connectivity index (χ2v) is 4.76. The number of rotatable bonds is 3. The quantitative estimate of drug-likeness (QED) is 0.796. The number of hydrogen-bond acceptors (Lipinski definition) is 1. The Morgan fingerprint density at radius 3 is 3.00 bits per heavy atom. The van der Waals surface area contributed by atoms with Crippen molar-refractivity contribution in [2.45, 2.75) is 45.9 Å². The van der Waals surface area contributed by atoms with Gasteiger partial charge in [-0.1, -0.05) is 0 Å². The Labute approximate surface area is 91.6 Å². The molecule has 0 fully saturated rings. The van der Waals surface area contributed by atoms with E-state index >= 15 is 0 Å². The van der Waals surface area contributed by atoms with Crippen LogP contribution in [0.25, 0.3) is 0 Å². The van der Waals surface area contributed by atoms with E-state index in [0.29, 0.717) is 12.1 Å². The highest BCUT2D eigenvalue weighted by Gasteiger charge is 2.18. The van der Waals surface area contributed by atoms with Gasteiger partial charge in [0.15, 0.2) is 0 Å². The van der Waals surface area contributed by atoms with Crippen molar-refractivity contribution in [2.75, 3.05) is 0 Å². The van der Waals surface area contributed by atoms with Crippen LogP contribution in [0.4, 0.5) is 0 Å². The van der Waals surface area contributed by atoms with Crippen LogP contribution in [0.3, 0.4) is 0 Å². The predicted octanol–water partition coefficient (Wildman–Crippen LogP) is 1.48. The van der Waals surface area contributed by atoms with Gasteiger partial charge in [0.05, 0.1) is 6.04 Å². The first kappa shape index (κ1) is 10.5. The molecule has 15 heavy (non-hydrogen) atoms. The van der Waals surface area contributed by atoms with Gasteiger partial charge in [-0.15, -0.1) is 0 Å². The van der Waals surface area contributed by atoms with Crippen molar-refractivity contribution in [2.24, 2.45) is 0 Å². The molecule has 0 spiro atoms. The maximum absolute atomic E-state index is 5.68. The largest absolute Gasteiger partial charge is 0.490 e. The van der Waals surface area contributed by atoms with E-state index in [4.69, 9.17) is 4.74 Å². The summed E-state index contributed by atoms with van der Waals surface area (Å²) in [5.74, 6) is 1.08. The Hall–Kier alpha value is -1.02. The van der Waals surface area contributed by atoms with Gasteiger partial charge in [0.1, 0.15) is 18.4 Å². The first-order chi connectivity index (χ1) is 7.15. The normalized spacial score (nSPS) is 19.1. The molecule has 1 aromatic rings. The number of benzene rings is 1. The third-order valence-corrected chi connectivity index (χ3v) is 2.79. The molecule has 1 aliphatic rings. The Balaban J connectivity index is 2.06. The standard InChI is InChI=1S/C13H19NO/c1-9(2)14-8-11-4-5-13-12(7-11)6-10(3)15-13/h4-5,7,9-10,14H,6,8H2,1-3H3/p+1/t10-/m1/s1. The lowest BCUT2D eigenvalue weighted by Crippen LogP contribution is -2.86. The fraction of sp³-hybridized carbons (Fsp3) is 0.538. The molecular weight excluding hydrogens is 186 g/mol. The molecule has 0 bridgehead atoms. The molecule has 0 aliphatic carbocycles. The van der Waals surface area contributed by atoms with Crippen LogP contribution in [0.2, 0.25) is 0 Å². The van der Waals surface area contributed by atoms with Gasteiger partial charge in [-0.3, -0.25) is 0 Å². The third-order valence-electron chi connectivity index (χ3n) is 2.79. The molecule has 1 aliphatic heterocycles. The zero-order valence-corrected chi connectivity index (χ0v) is 9.79. The van der Waals surface area contributed by atoms with E-state index in [0.717, 1.165) is 18.7 Å². The number of hydrogen-bond donors (Lipinski definition) is 1. The fourth-order valence-electron chi connectivity index (χ4n) is 1.97. The maximum atomic E-state index is 5.68. The summed E-state index contributed by atoms with van der Waals surface area (Å²) < 4.78 is 5.68. The van der Waals surface area contributed by atoms with Gasteiger partial charge in [0.2, 0.25) is 0 Å². The molecule has 0 radical (unpaired) electrons. The van der Waals surface area contributed by atoms with Gasteiger partial charge in [0, 0.05) is 12.0 Å². The highest BCUT2D eigenvalue weighted by molar-refractivity contribution is 5.40. The monoisotopic (exact) mass is 206 g/mol. The van der Waals surface area contributed by atoms with E-state index in [1.165, 1.54) is 11.1 Å². The minimum atomic E-state index is 0.351. The van der Waals surface area contributed by atoms with Crippen molar-refractivity contribution in [3.05, 3.63) is 29.3 Å². The Kier molecular flexibility index (Phi) is 2.96. The van der Waals surface area contributed by atoms with Crippen LogP contribution in [-0.2, 0) is 13.0 Å². The predicted molar refractivity (Wildman–Crippen MR) is 61.0 cm³/mol. The molecule has 0 amide bonds. The van der Waals surface area contributed by atoms with Crippen molar-refractivity contribution in [3.8, 4) is 5.75 Å². The van der Waals surface area contributed by atoms with Crippen molar-refractivity contribution < 1.29 is 10.1 Å². The third kappa shape index (κ3) is 2.51. The average Bonchev–Trinajstić information content (AvgIpc) is 2.53. The van der Waals surface area contributed by atoms with Crippen molar-refractivity contribution in [1.29, 1.82) is 0 Å². The summed E-state index contributed by atoms with van der Waals surface area (Å²) in [6.45, 7) is 7.64. The molecule has 0 unspecified atom stereocenters. The zero-order chi connectivity index (χ0) is 10.8. The van der Waals surface area contributed by atoms with Crippen LogP contribution in [0.15, 0.2) is 18.2 Å². The molecule has 2 rings (SSSR count). The molecule has 82 valence electrons. The van der Waals surface area contributed by atoms with Crippen LogP contribution in [0.5, 0.6) is 5.75 Å². The smallest absolute Gasteiger partial charge is 0.123 e. The first-order valence-electron chi connectivity index (χ1n) is 5.77. The number of ether oxygens (including phenoxy) is 1. The van der Waals surface area contributed by atoms with Gasteiger partial charge in [0.25, 0.3) is 0 Å². The average molecular weight is 206 g/mol. The van der Waals surface area contributed by atoms with Crippen molar-refractivity contribution in [1.82, 2.24) is 0 Å². The minimum Gasteiger partial charge on any atom is -0.490 e. The Morgan fingerprint density at radius 1 is 1.47 bits per heavy atom. The van der Waals surface area contributed by atoms with Gasteiger partial charge in [-0.05, 0) is 44.5 Å². The van der Waals surface area contributed by atoms with Crippen LogP contribution in [0, 0.1) is 0 Å². The highest BCUT2D eigenvalue weighted by Crippen LogP contribution is 2.29. The Morgan fingerprint density at radius 2 is 2.27 bits per heavy atom. The van der Waals surface area contributed by atoms with E-state index in [1.807, 2.05) is 0 Å². The van der Waals surface area contributed by atoms with E-state index < -0.39 is 0 Å². The molecule has 1 aromatic carbocycles. The maximum Gasteiger partial charge on any atom is 0.123 e. The Bertz CT molecular complexity index is 346. The van der Waals surface area contributed by atoms with E-state index in [9.17, 15) is 0 Å². The summed E-state index contributed by atoms with van der Waals surface area (Å²) in [4.78, 5) is 0. The van der Waals surface area contributed by atoms with Gasteiger partial charge in [-0.2, -0.15) is 0 Å². The topological polar surface area (TPSA) is 25.8 Å². The molecular formula is C13H20NO+. The molecule has 1 heterocycles. The number of fused-ring (bicyclic) bond motifs is 1. The second-order valence-electron chi connectivity index (χ2n) is 4.76. The van der Waals surface area contributed by atoms with E-state index in [2.05, 4.69) is 44.3 Å². The lowest BCUT2D eigenvalue weighted by Gasteiger charge is -2.06. The lowest BCUT2D eigenvalue weighted by atomic mass is 10.1. The van der Waals surface area contributed by atoms with E-state index in [-0.39, 0.29) is 0 Å². The van der Waals surface area contributed by atoms with E-state index in [1.54, 1.807) is 0 Å². The molecule has 0 saturated carbocycles. The molecule has 1 atom stereocenters. The summed E-state index contributed by atoms with van der Waals surface area (Å²) in [7, 11) is 0. The fourth-order valence-corrected chi connectivity index (χ4v) is 1.97. The van der Waals surface area contributed by atoms with Crippen LogP contribution in [-0.4, -0.2) is 12.1 Å². The molecule has 2 heteroatoms. The SMILES string of the molecule is CC(C)[NH2+]Cc1ccc2c(c1)C[C@@H](C)O2. The molecule has 2 N–H and O–H groups in total. The van der Waals surface area contributed by atoms with Gasteiger partial charge < -0.3 is 10.1 Å². The molecule has 2 nitrogen and oxygen atoms in total. The molecule has 0 aromatic heterocycles. The first-order valence-corrected chi connectivity index (χ1v) is 5.77. The highest BCUT2D eigenvalue weighted by atomic mass is 16.5. The number of nitrogens with two attached hydrogens (primary N) is 1. The van der Waals surface area contributed by atoms with Crippen molar-refractivity contribution >= 4 is 0 Å². The second kappa shape index (κ2) is 4.23. The van der Waals surface area contributed by atoms with Crippen molar-refractivity contribution in [3.63, 3.8) is 0 Å². The van der Waals surface area contributed by atoms with Gasteiger partial charge in [-0.25, -0.2) is 0 Å². The van der Waals surface area contributed by atoms with Crippen LogP contribution in [0.1, 0.15) is 31.9 Å². The zero-order valence-electron chi connectivity index (χ0n) is 9.79. The minimum absolute atomic E-state index is 0.351. The van der Waals surface area contributed by atoms with Gasteiger partial charge >= 0.3 is 0 Å². The molecule has 0 saturated heterocycles. The number of quaternary nitrogens is 1. The summed E-state index contributed by atoms with van der Waals surface area (Å²) >= 11 is 0. The summed E-state index contributed by atoms with van der Waals surface area (Å²) in [5, 5.41) is 2.35. The summed E-state index contributed by atoms with van der Waals surface area (Å²) in [6.07, 6.45) is 1.41. The van der Waals surface area contributed by atoms with Crippen LogP contribution < -0.4 is 10.1 Å². The summed E-state index contributed by atoms with van der Waals surface area (Å²) in [6, 6.07) is 7.24.